The fraction of sp³-hybridized carbons (Fsp3) is 1.00. The van der Waals surface area contributed by atoms with E-state index in [0.29, 0.717) is 18.5 Å². The summed E-state index contributed by atoms with van der Waals surface area (Å²) in [6.45, 7) is 11.7. The average molecular weight is 320 g/mol. The van der Waals surface area contributed by atoms with Crippen molar-refractivity contribution in [2.24, 2.45) is 5.92 Å². The molecule has 5 nitrogen and oxygen atoms in total. The molecule has 1 rings (SSSR count). The standard InChI is InChI=1S/C15H33N3O2S/c1-12(2)14(5)17(6)21(19,20)18-10-8-7-9-15(18)11-16-13(3)4/h12-16H,7-11H2,1-6H3. The van der Waals surface area contributed by atoms with Gasteiger partial charge in [0.25, 0.3) is 10.2 Å². The Bertz CT molecular complexity index is 409. The maximum atomic E-state index is 12.9. The van der Waals surface area contributed by atoms with Gasteiger partial charge in [-0.05, 0) is 25.7 Å². The second kappa shape index (κ2) is 7.90. The van der Waals surface area contributed by atoms with Gasteiger partial charge in [-0.1, -0.05) is 34.1 Å². The van der Waals surface area contributed by atoms with Gasteiger partial charge in [-0.3, -0.25) is 0 Å². The van der Waals surface area contributed by atoms with Gasteiger partial charge in [0.1, 0.15) is 0 Å². The highest BCUT2D eigenvalue weighted by Crippen LogP contribution is 2.24. The van der Waals surface area contributed by atoms with Crippen molar-refractivity contribution in [1.82, 2.24) is 13.9 Å². The zero-order chi connectivity index (χ0) is 16.2. The number of piperidine rings is 1. The topological polar surface area (TPSA) is 52.7 Å². The Morgan fingerprint density at radius 1 is 1.19 bits per heavy atom. The van der Waals surface area contributed by atoms with E-state index in [1.807, 2.05) is 6.92 Å². The van der Waals surface area contributed by atoms with E-state index in [0.717, 1.165) is 25.8 Å². The number of rotatable bonds is 7. The molecule has 1 aliphatic heterocycles. The number of hydrogen-bond donors (Lipinski definition) is 1. The molecule has 0 amide bonds. The number of hydrogen-bond acceptors (Lipinski definition) is 3. The number of nitrogens with one attached hydrogen (secondary N) is 1. The molecule has 0 aromatic rings. The molecule has 0 aromatic heterocycles. The first-order valence-electron chi connectivity index (χ1n) is 8.16. The summed E-state index contributed by atoms with van der Waals surface area (Å²) in [5, 5.41) is 3.38. The number of nitrogens with zero attached hydrogens (tertiary/aromatic N) is 2. The van der Waals surface area contributed by atoms with E-state index in [1.54, 1.807) is 15.7 Å². The fourth-order valence-corrected chi connectivity index (χ4v) is 4.56. The van der Waals surface area contributed by atoms with Crippen LogP contribution in [0.3, 0.4) is 0 Å². The van der Waals surface area contributed by atoms with Crippen molar-refractivity contribution < 1.29 is 8.42 Å². The highest BCUT2D eigenvalue weighted by Gasteiger charge is 2.37. The molecule has 1 fully saturated rings. The fourth-order valence-electron chi connectivity index (χ4n) is 2.65. The lowest BCUT2D eigenvalue weighted by atomic mass is 10.0. The summed E-state index contributed by atoms with van der Waals surface area (Å²) in [5.74, 6) is 0.307. The van der Waals surface area contributed by atoms with Gasteiger partial charge < -0.3 is 5.32 Å². The molecule has 21 heavy (non-hydrogen) atoms. The van der Waals surface area contributed by atoms with Crippen LogP contribution in [0.5, 0.6) is 0 Å². The lowest BCUT2D eigenvalue weighted by Gasteiger charge is -2.39. The van der Waals surface area contributed by atoms with Crippen LogP contribution in [0.1, 0.15) is 53.9 Å². The van der Waals surface area contributed by atoms with E-state index in [9.17, 15) is 8.42 Å². The molecular weight excluding hydrogens is 286 g/mol. The van der Waals surface area contributed by atoms with Crippen molar-refractivity contribution >= 4 is 10.2 Å². The van der Waals surface area contributed by atoms with Crippen molar-refractivity contribution in [3.8, 4) is 0 Å². The van der Waals surface area contributed by atoms with E-state index in [-0.39, 0.29) is 12.1 Å². The highest BCUT2D eigenvalue weighted by molar-refractivity contribution is 7.86. The molecule has 6 heteroatoms. The van der Waals surface area contributed by atoms with Crippen LogP contribution in [0.25, 0.3) is 0 Å². The normalized spacial score (nSPS) is 23.2. The Hall–Kier alpha value is -0.170. The quantitative estimate of drug-likeness (QED) is 0.781. The first kappa shape index (κ1) is 18.9. The molecule has 1 heterocycles. The lowest BCUT2D eigenvalue weighted by Crippen LogP contribution is -2.55. The van der Waals surface area contributed by atoms with E-state index in [4.69, 9.17) is 0 Å². The Morgan fingerprint density at radius 3 is 2.33 bits per heavy atom. The minimum atomic E-state index is -3.38. The van der Waals surface area contributed by atoms with Crippen LogP contribution in [0.4, 0.5) is 0 Å². The van der Waals surface area contributed by atoms with Gasteiger partial charge in [-0.15, -0.1) is 0 Å². The van der Waals surface area contributed by atoms with Crippen LogP contribution in [0, 0.1) is 5.92 Å². The van der Waals surface area contributed by atoms with Gasteiger partial charge in [0.05, 0.1) is 0 Å². The second-order valence-electron chi connectivity index (χ2n) is 6.83. The smallest absolute Gasteiger partial charge is 0.282 e. The van der Waals surface area contributed by atoms with Gasteiger partial charge in [0, 0.05) is 38.3 Å². The summed E-state index contributed by atoms with van der Waals surface area (Å²) in [6.07, 6.45) is 3.02. The highest BCUT2D eigenvalue weighted by atomic mass is 32.2. The minimum absolute atomic E-state index is 0.00985. The SMILES string of the molecule is CC(C)NCC1CCCCN1S(=O)(=O)N(C)C(C)C(C)C. The molecular formula is C15H33N3O2S. The molecule has 1 N–H and O–H groups in total. The Labute approximate surface area is 131 Å². The largest absolute Gasteiger partial charge is 0.313 e. The second-order valence-corrected chi connectivity index (χ2v) is 8.77. The maximum Gasteiger partial charge on any atom is 0.282 e. The molecule has 2 unspecified atom stereocenters. The molecule has 2 atom stereocenters. The van der Waals surface area contributed by atoms with Gasteiger partial charge in [-0.2, -0.15) is 17.0 Å². The molecule has 1 aliphatic rings. The first-order chi connectivity index (χ1) is 9.67. The molecule has 0 radical (unpaired) electrons. The summed E-state index contributed by atoms with van der Waals surface area (Å²) in [7, 11) is -1.67. The van der Waals surface area contributed by atoms with Crippen LogP contribution in [0.15, 0.2) is 0 Å². The molecule has 0 saturated carbocycles. The molecule has 0 bridgehead atoms. The van der Waals surface area contributed by atoms with Crippen LogP contribution in [-0.4, -0.2) is 55.3 Å². The predicted octanol–water partition coefficient (Wildman–Crippen LogP) is 2.06. The molecule has 126 valence electrons. The Balaban J connectivity index is 2.86. The van der Waals surface area contributed by atoms with Crippen molar-refractivity contribution in [2.75, 3.05) is 20.1 Å². The van der Waals surface area contributed by atoms with Crippen molar-refractivity contribution in [1.29, 1.82) is 0 Å². The molecule has 0 aliphatic carbocycles. The predicted molar refractivity (Wildman–Crippen MR) is 88.5 cm³/mol. The Kier molecular flexibility index (Phi) is 7.10. The van der Waals surface area contributed by atoms with E-state index >= 15 is 0 Å². The van der Waals surface area contributed by atoms with Crippen LogP contribution < -0.4 is 5.32 Å². The first-order valence-corrected chi connectivity index (χ1v) is 9.55. The zero-order valence-electron chi connectivity index (χ0n) is 14.5. The van der Waals surface area contributed by atoms with Gasteiger partial charge >= 0.3 is 0 Å². The van der Waals surface area contributed by atoms with Crippen LogP contribution >= 0.6 is 0 Å². The van der Waals surface area contributed by atoms with Gasteiger partial charge in [0.15, 0.2) is 0 Å². The van der Waals surface area contributed by atoms with Crippen molar-refractivity contribution in [3.63, 3.8) is 0 Å². The van der Waals surface area contributed by atoms with Crippen LogP contribution in [0.2, 0.25) is 0 Å². The van der Waals surface area contributed by atoms with Crippen LogP contribution in [-0.2, 0) is 10.2 Å². The molecule has 0 spiro atoms. The summed E-state index contributed by atoms with van der Waals surface area (Å²) in [6, 6.07) is 0.465. The van der Waals surface area contributed by atoms with E-state index in [1.165, 1.54) is 0 Å². The third-order valence-corrected chi connectivity index (χ3v) is 6.67. The zero-order valence-corrected chi connectivity index (χ0v) is 15.3. The monoisotopic (exact) mass is 319 g/mol. The summed E-state index contributed by atoms with van der Waals surface area (Å²) in [4.78, 5) is 0. The third kappa shape index (κ3) is 4.91. The van der Waals surface area contributed by atoms with Gasteiger partial charge in [-0.25, -0.2) is 0 Å². The molecule has 1 saturated heterocycles. The maximum absolute atomic E-state index is 12.9. The minimum Gasteiger partial charge on any atom is -0.313 e. The van der Waals surface area contributed by atoms with E-state index < -0.39 is 10.2 Å². The summed E-state index contributed by atoms with van der Waals surface area (Å²) >= 11 is 0. The van der Waals surface area contributed by atoms with Crippen molar-refractivity contribution in [3.05, 3.63) is 0 Å². The Morgan fingerprint density at radius 2 is 1.81 bits per heavy atom. The molecule has 0 aromatic carbocycles. The van der Waals surface area contributed by atoms with E-state index in [2.05, 4.69) is 33.0 Å². The average Bonchev–Trinajstić information content (AvgIpc) is 2.43. The third-order valence-electron chi connectivity index (χ3n) is 4.53. The van der Waals surface area contributed by atoms with Crippen molar-refractivity contribution in [2.45, 2.75) is 72.0 Å². The summed E-state index contributed by atoms with van der Waals surface area (Å²) in [5.41, 5.74) is 0. The van der Waals surface area contributed by atoms with Gasteiger partial charge in [0.2, 0.25) is 0 Å². The lowest BCUT2D eigenvalue weighted by molar-refractivity contribution is 0.212. The summed E-state index contributed by atoms with van der Waals surface area (Å²) < 4.78 is 29.1.